The van der Waals surface area contributed by atoms with Crippen molar-refractivity contribution in [2.24, 2.45) is 0 Å². The summed E-state index contributed by atoms with van der Waals surface area (Å²) in [5.74, 6) is -0.130. The molecule has 2 nitrogen and oxygen atoms in total. The number of nitrogens with zero attached hydrogens (tertiary/aromatic N) is 1. The predicted octanol–water partition coefficient (Wildman–Crippen LogP) is 6.23. The topological polar surface area (TPSA) is 22.0 Å². The summed E-state index contributed by atoms with van der Waals surface area (Å²) in [4.78, 5) is 13.3. The molecule has 0 saturated carbocycles. The van der Waals surface area contributed by atoms with E-state index >= 15 is 0 Å². The van der Waals surface area contributed by atoms with Crippen molar-refractivity contribution in [1.82, 2.24) is 4.57 Å². The second kappa shape index (κ2) is 7.08. The zero-order chi connectivity index (χ0) is 19.8. The smallest absolute Gasteiger partial charge is 0.192 e. The molecule has 1 aromatic heterocycles. The van der Waals surface area contributed by atoms with Crippen LogP contribution in [0.15, 0.2) is 77.6 Å². The first-order valence-corrected chi connectivity index (χ1v) is 9.49. The van der Waals surface area contributed by atoms with E-state index in [-0.39, 0.29) is 17.2 Å². The number of pyridine rings is 1. The van der Waals surface area contributed by atoms with Crippen LogP contribution in [0.2, 0.25) is 0 Å². The number of rotatable bonds is 3. The first kappa shape index (κ1) is 18.2. The molecule has 0 saturated heterocycles. The summed E-state index contributed by atoms with van der Waals surface area (Å²) in [7, 11) is 0. The minimum Gasteiger partial charge on any atom is -0.306 e. The van der Waals surface area contributed by atoms with E-state index in [1.54, 1.807) is 12.1 Å². The Morgan fingerprint density at radius 1 is 0.857 bits per heavy atom. The van der Waals surface area contributed by atoms with Crippen LogP contribution in [0.3, 0.4) is 0 Å². The number of benzene rings is 3. The van der Waals surface area contributed by atoms with Crippen LogP contribution in [-0.2, 0) is 0 Å². The fourth-order valence-electron chi connectivity index (χ4n) is 3.86. The van der Waals surface area contributed by atoms with Gasteiger partial charge in [0.25, 0.3) is 0 Å². The average Bonchev–Trinajstić information content (AvgIpc) is 2.71. The molecule has 0 aliphatic rings. The lowest BCUT2D eigenvalue weighted by Crippen LogP contribution is -2.17. The number of aromatic nitrogens is 1. The van der Waals surface area contributed by atoms with Crippen molar-refractivity contribution in [2.75, 3.05) is 0 Å². The highest BCUT2D eigenvalue weighted by Gasteiger charge is 2.21. The Labute approximate surface area is 163 Å². The van der Waals surface area contributed by atoms with E-state index in [4.69, 9.17) is 0 Å². The summed E-state index contributed by atoms with van der Waals surface area (Å²) in [6.07, 6.45) is 0. The van der Waals surface area contributed by atoms with Gasteiger partial charge in [0.1, 0.15) is 5.82 Å². The Bertz CT molecular complexity index is 1220. The van der Waals surface area contributed by atoms with Gasteiger partial charge in [0.15, 0.2) is 5.43 Å². The normalized spacial score (nSPS) is 11.3. The molecule has 3 heteroatoms. The van der Waals surface area contributed by atoms with Gasteiger partial charge < -0.3 is 4.57 Å². The van der Waals surface area contributed by atoms with Gasteiger partial charge in [-0.1, -0.05) is 68.4 Å². The molecule has 0 aliphatic carbocycles. The fourth-order valence-corrected chi connectivity index (χ4v) is 3.86. The molecule has 3 aromatic carbocycles. The lowest BCUT2D eigenvalue weighted by molar-refractivity contribution is 0.619. The second-order valence-electron chi connectivity index (χ2n) is 7.35. The molecule has 28 heavy (non-hydrogen) atoms. The van der Waals surface area contributed by atoms with Gasteiger partial charge in [-0.25, -0.2) is 4.39 Å². The van der Waals surface area contributed by atoms with Crippen molar-refractivity contribution in [1.29, 1.82) is 0 Å². The molecule has 0 aliphatic heterocycles. The summed E-state index contributed by atoms with van der Waals surface area (Å²) in [6.45, 7) is 6.00. The van der Waals surface area contributed by atoms with Crippen LogP contribution in [-0.4, -0.2) is 4.57 Å². The fraction of sp³-hybridized carbons (Fsp3) is 0.160. The molecule has 140 valence electrons. The van der Waals surface area contributed by atoms with Crippen LogP contribution in [0, 0.1) is 12.7 Å². The van der Waals surface area contributed by atoms with Crippen molar-refractivity contribution in [3.05, 3.63) is 100.0 Å². The van der Waals surface area contributed by atoms with Gasteiger partial charge in [-0.2, -0.15) is 0 Å². The van der Waals surface area contributed by atoms with E-state index in [0.29, 0.717) is 16.6 Å². The molecule has 0 bridgehead atoms. The molecule has 0 spiro atoms. The monoisotopic (exact) mass is 371 g/mol. The molecule has 0 atom stereocenters. The average molecular weight is 371 g/mol. The van der Waals surface area contributed by atoms with Crippen LogP contribution in [0.5, 0.6) is 0 Å². The third-order valence-electron chi connectivity index (χ3n) is 5.22. The quantitative estimate of drug-likeness (QED) is 0.418. The molecule has 0 radical (unpaired) electrons. The van der Waals surface area contributed by atoms with Crippen LogP contribution in [0.1, 0.15) is 30.9 Å². The van der Waals surface area contributed by atoms with Gasteiger partial charge in [0.2, 0.25) is 0 Å². The Kier molecular flexibility index (Phi) is 4.60. The van der Waals surface area contributed by atoms with Gasteiger partial charge in [-0.15, -0.1) is 0 Å². The maximum atomic E-state index is 15.0. The number of hydrogen-bond donors (Lipinski definition) is 0. The maximum absolute atomic E-state index is 15.0. The lowest BCUT2D eigenvalue weighted by Gasteiger charge is -2.23. The van der Waals surface area contributed by atoms with Gasteiger partial charge >= 0.3 is 0 Å². The summed E-state index contributed by atoms with van der Waals surface area (Å²) in [6, 6.07) is 22.2. The highest BCUT2D eigenvalue weighted by molar-refractivity contribution is 5.89. The minimum absolute atomic E-state index is 0.0102. The highest BCUT2D eigenvalue weighted by atomic mass is 19.1. The van der Waals surface area contributed by atoms with Gasteiger partial charge in [0, 0.05) is 10.9 Å². The summed E-state index contributed by atoms with van der Waals surface area (Å²) in [5, 5.41) is 0.617. The van der Waals surface area contributed by atoms with Crippen LogP contribution in [0.4, 0.5) is 4.39 Å². The largest absolute Gasteiger partial charge is 0.306 e. The Morgan fingerprint density at radius 2 is 1.54 bits per heavy atom. The van der Waals surface area contributed by atoms with E-state index in [0.717, 1.165) is 22.3 Å². The van der Waals surface area contributed by atoms with Crippen molar-refractivity contribution >= 4 is 10.9 Å². The van der Waals surface area contributed by atoms with Crippen LogP contribution < -0.4 is 5.43 Å². The molecule has 1 heterocycles. The molecule has 0 unspecified atom stereocenters. The van der Waals surface area contributed by atoms with Crippen molar-refractivity contribution in [2.45, 2.75) is 26.7 Å². The third-order valence-corrected chi connectivity index (χ3v) is 5.22. The SMILES string of the molecule is Cc1c(-c2ccccc2)n(-c2ccccc2F)c2c(C(C)C)cccc2c1=O. The van der Waals surface area contributed by atoms with Gasteiger partial charge in [0.05, 0.1) is 16.9 Å². The number of para-hydroxylation sites is 2. The molecule has 4 aromatic rings. The minimum atomic E-state index is -0.317. The summed E-state index contributed by atoms with van der Waals surface area (Å²) >= 11 is 0. The van der Waals surface area contributed by atoms with E-state index in [1.165, 1.54) is 6.07 Å². The van der Waals surface area contributed by atoms with E-state index in [9.17, 15) is 9.18 Å². The molecule has 4 rings (SSSR count). The maximum Gasteiger partial charge on any atom is 0.192 e. The molecule has 0 N–H and O–H groups in total. The van der Waals surface area contributed by atoms with Crippen LogP contribution in [0.25, 0.3) is 27.8 Å². The first-order valence-electron chi connectivity index (χ1n) is 9.49. The Balaban J connectivity index is 2.31. The Hall–Kier alpha value is -3.20. The molecular weight excluding hydrogens is 349 g/mol. The van der Waals surface area contributed by atoms with Crippen molar-refractivity contribution in [3.8, 4) is 16.9 Å². The zero-order valence-corrected chi connectivity index (χ0v) is 16.2. The molecule has 0 fully saturated rings. The van der Waals surface area contributed by atoms with E-state index in [1.807, 2.05) is 66.1 Å². The first-order chi connectivity index (χ1) is 13.5. The van der Waals surface area contributed by atoms with Gasteiger partial charge in [-0.05, 0) is 42.2 Å². The van der Waals surface area contributed by atoms with Crippen molar-refractivity contribution in [3.63, 3.8) is 0 Å². The summed E-state index contributed by atoms with van der Waals surface area (Å²) < 4.78 is 16.9. The second-order valence-corrected chi connectivity index (χ2v) is 7.35. The third kappa shape index (κ3) is 2.84. The number of hydrogen-bond acceptors (Lipinski definition) is 1. The Morgan fingerprint density at radius 3 is 2.21 bits per heavy atom. The zero-order valence-electron chi connectivity index (χ0n) is 16.2. The van der Waals surface area contributed by atoms with Crippen LogP contribution >= 0.6 is 0 Å². The summed E-state index contributed by atoms with van der Waals surface area (Å²) in [5.41, 5.74) is 4.47. The number of halogens is 1. The number of fused-ring (bicyclic) bond motifs is 1. The van der Waals surface area contributed by atoms with Gasteiger partial charge in [-0.3, -0.25) is 4.79 Å². The molecule has 0 amide bonds. The van der Waals surface area contributed by atoms with E-state index < -0.39 is 0 Å². The predicted molar refractivity (Wildman–Crippen MR) is 114 cm³/mol. The highest BCUT2D eigenvalue weighted by Crippen LogP contribution is 2.34. The van der Waals surface area contributed by atoms with Crippen molar-refractivity contribution < 1.29 is 4.39 Å². The van der Waals surface area contributed by atoms with E-state index in [2.05, 4.69) is 13.8 Å². The standard InChI is InChI=1S/C25H22FNO/c1-16(2)19-12-9-13-20-24(19)27(22-15-8-7-14-21(22)26)23(17(3)25(20)28)18-10-5-4-6-11-18/h4-16H,1-3H3. The molecular formula is C25H22FNO. The lowest BCUT2D eigenvalue weighted by atomic mass is 9.95.